The SMILES string of the molecule is CC(=O)c1ccc2c(c1)CCN2C(=O)c1coc(-c2ccc(C(F)(F)F)cc2)n1. The Morgan fingerprint density at radius 2 is 1.83 bits per heavy atom. The Morgan fingerprint density at radius 3 is 2.48 bits per heavy atom. The summed E-state index contributed by atoms with van der Waals surface area (Å²) in [4.78, 5) is 30.1. The summed E-state index contributed by atoms with van der Waals surface area (Å²) in [6, 6.07) is 9.54. The van der Waals surface area contributed by atoms with Crippen LogP contribution in [0.25, 0.3) is 11.5 Å². The van der Waals surface area contributed by atoms with Gasteiger partial charge in [0, 0.05) is 23.4 Å². The molecule has 1 aliphatic rings. The Hall–Kier alpha value is -3.42. The third kappa shape index (κ3) is 3.53. The van der Waals surface area contributed by atoms with Crippen LogP contribution in [0.4, 0.5) is 18.9 Å². The highest BCUT2D eigenvalue weighted by Gasteiger charge is 2.31. The van der Waals surface area contributed by atoms with Crippen molar-refractivity contribution in [1.29, 1.82) is 0 Å². The number of halogens is 3. The lowest BCUT2D eigenvalue weighted by molar-refractivity contribution is -0.137. The van der Waals surface area contributed by atoms with Crippen LogP contribution in [0.15, 0.2) is 53.1 Å². The molecule has 3 aromatic rings. The molecule has 0 N–H and O–H groups in total. The molecule has 2 aromatic carbocycles. The van der Waals surface area contributed by atoms with E-state index in [1.54, 1.807) is 23.1 Å². The van der Waals surface area contributed by atoms with E-state index in [2.05, 4.69) is 4.98 Å². The zero-order valence-electron chi connectivity index (χ0n) is 15.3. The first-order valence-corrected chi connectivity index (χ1v) is 8.83. The van der Waals surface area contributed by atoms with E-state index < -0.39 is 11.7 Å². The van der Waals surface area contributed by atoms with Crippen LogP contribution in [0, 0.1) is 0 Å². The van der Waals surface area contributed by atoms with Crippen molar-refractivity contribution in [2.75, 3.05) is 11.4 Å². The highest BCUT2D eigenvalue weighted by molar-refractivity contribution is 6.06. The zero-order chi connectivity index (χ0) is 20.8. The highest BCUT2D eigenvalue weighted by atomic mass is 19.4. The summed E-state index contributed by atoms with van der Waals surface area (Å²) in [6.07, 6.45) is -2.62. The third-order valence-corrected chi connectivity index (χ3v) is 4.81. The summed E-state index contributed by atoms with van der Waals surface area (Å²) in [6.45, 7) is 1.93. The van der Waals surface area contributed by atoms with E-state index in [1.807, 2.05) is 0 Å². The molecule has 0 bridgehead atoms. The first kappa shape index (κ1) is 18.9. The number of rotatable bonds is 3. The summed E-state index contributed by atoms with van der Waals surface area (Å²) in [5.41, 5.74) is 1.82. The van der Waals surface area contributed by atoms with Gasteiger partial charge in [0.05, 0.1) is 5.56 Å². The number of amides is 1. The van der Waals surface area contributed by atoms with Crippen molar-refractivity contribution in [2.24, 2.45) is 0 Å². The lowest BCUT2D eigenvalue weighted by atomic mass is 10.1. The van der Waals surface area contributed by atoms with Gasteiger partial charge in [0.2, 0.25) is 5.89 Å². The van der Waals surface area contributed by atoms with Crippen LogP contribution < -0.4 is 4.90 Å². The molecule has 4 rings (SSSR count). The Kier molecular flexibility index (Phi) is 4.49. The van der Waals surface area contributed by atoms with E-state index in [4.69, 9.17) is 4.42 Å². The van der Waals surface area contributed by atoms with Gasteiger partial charge in [0.1, 0.15) is 6.26 Å². The first-order valence-electron chi connectivity index (χ1n) is 8.83. The number of aromatic nitrogens is 1. The van der Waals surface area contributed by atoms with Gasteiger partial charge in [-0.1, -0.05) is 0 Å². The summed E-state index contributed by atoms with van der Waals surface area (Å²) in [5, 5.41) is 0. The first-order chi connectivity index (χ1) is 13.7. The Balaban J connectivity index is 1.57. The van der Waals surface area contributed by atoms with Crippen LogP contribution in [0.3, 0.4) is 0 Å². The number of nitrogens with zero attached hydrogens (tertiary/aromatic N) is 2. The minimum absolute atomic E-state index is 0.0461. The monoisotopic (exact) mass is 400 g/mol. The average Bonchev–Trinajstić information content (AvgIpc) is 3.34. The molecule has 0 saturated heterocycles. The van der Waals surface area contributed by atoms with E-state index in [-0.39, 0.29) is 23.3 Å². The average molecular weight is 400 g/mol. The number of hydrogen-bond acceptors (Lipinski definition) is 4. The predicted octanol–water partition coefficient (Wildman–Crippen LogP) is 4.77. The van der Waals surface area contributed by atoms with E-state index in [0.29, 0.717) is 29.8 Å². The molecule has 0 fully saturated rings. The molecular weight excluding hydrogens is 385 g/mol. The maximum Gasteiger partial charge on any atom is 0.416 e. The largest absolute Gasteiger partial charge is 0.444 e. The number of oxazole rings is 1. The van der Waals surface area contributed by atoms with Crippen molar-refractivity contribution >= 4 is 17.4 Å². The van der Waals surface area contributed by atoms with Crippen LogP contribution in [0.5, 0.6) is 0 Å². The topological polar surface area (TPSA) is 63.4 Å². The summed E-state index contributed by atoms with van der Waals surface area (Å²) < 4.78 is 43.4. The molecule has 1 aromatic heterocycles. The van der Waals surface area contributed by atoms with Crippen molar-refractivity contribution < 1.29 is 27.2 Å². The molecule has 2 heterocycles. The maximum absolute atomic E-state index is 12.8. The van der Waals surface area contributed by atoms with Gasteiger partial charge in [-0.15, -0.1) is 0 Å². The van der Waals surface area contributed by atoms with Gasteiger partial charge in [0.25, 0.3) is 5.91 Å². The predicted molar refractivity (Wildman–Crippen MR) is 98.8 cm³/mol. The maximum atomic E-state index is 12.8. The Labute approximate surface area is 163 Å². The fourth-order valence-electron chi connectivity index (χ4n) is 3.28. The molecule has 0 atom stereocenters. The molecule has 1 aliphatic heterocycles. The minimum atomic E-state index is -4.43. The van der Waals surface area contributed by atoms with Crippen molar-refractivity contribution in [2.45, 2.75) is 19.5 Å². The Bertz CT molecular complexity index is 1100. The highest BCUT2D eigenvalue weighted by Crippen LogP contribution is 2.32. The second kappa shape index (κ2) is 6.88. The van der Waals surface area contributed by atoms with Crippen LogP contribution in [-0.2, 0) is 12.6 Å². The number of ketones is 1. The summed E-state index contributed by atoms with van der Waals surface area (Å²) >= 11 is 0. The van der Waals surface area contributed by atoms with E-state index in [1.165, 1.54) is 25.3 Å². The van der Waals surface area contributed by atoms with Crippen molar-refractivity contribution in [1.82, 2.24) is 4.98 Å². The second-order valence-corrected chi connectivity index (χ2v) is 6.72. The van der Waals surface area contributed by atoms with Crippen molar-refractivity contribution in [3.8, 4) is 11.5 Å². The van der Waals surface area contributed by atoms with E-state index >= 15 is 0 Å². The molecule has 29 heavy (non-hydrogen) atoms. The molecule has 5 nitrogen and oxygen atoms in total. The van der Waals surface area contributed by atoms with Crippen LogP contribution in [-0.4, -0.2) is 23.2 Å². The number of hydrogen-bond donors (Lipinski definition) is 0. The van der Waals surface area contributed by atoms with E-state index in [0.717, 1.165) is 17.7 Å². The van der Waals surface area contributed by atoms with Gasteiger partial charge in [-0.25, -0.2) is 4.98 Å². The number of anilines is 1. The van der Waals surface area contributed by atoms with E-state index in [9.17, 15) is 22.8 Å². The number of fused-ring (bicyclic) bond motifs is 1. The van der Waals surface area contributed by atoms with Crippen LogP contribution in [0.1, 0.15) is 38.9 Å². The lowest BCUT2D eigenvalue weighted by Gasteiger charge is -2.15. The Morgan fingerprint density at radius 1 is 1.10 bits per heavy atom. The van der Waals surface area contributed by atoms with Gasteiger partial charge >= 0.3 is 6.18 Å². The second-order valence-electron chi connectivity index (χ2n) is 6.72. The molecule has 0 aliphatic carbocycles. The number of carbonyl (C=O) groups is 2. The fourth-order valence-corrected chi connectivity index (χ4v) is 3.28. The number of alkyl halides is 3. The van der Waals surface area contributed by atoms with Gasteiger partial charge in [-0.2, -0.15) is 13.2 Å². The molecule has 0 radical (unpaired) electrons. The standard InChI is InChI=1S/C21H15F3N2O3/c1-12(27)14-4-7-18-15(10-14)8-9-26(18)20(28)17-11-29-19(25-17)13-2-5-16(6-3-13)21(22,23)24/h2-7,10-11H,8-9H2,1H3. The number of carbonyl (C=O) groups excluding carboxylic acids is 2. The van der Waals surface area contributed by atoms with Crippen molar-refractivity contribution in [3.05, 3.63) is 71.1 Å². The minimum Gasteiger partial charge on any atom is -0.444 e. The third-order valence-electron chi connectivity index (χ3n) is 4.81. The van der Waals surface area contributed by atoms with Gasteiger partial charge < -0.3 is 9.32 Å². The number of benzene rings is 2. The molecule has 0 saturated carbocycles. The molecule has 148 valence electrons. The molecule has 0 unspecified atom stereocenters. The van der Waals surface area contributed by atoms with Crippen LogP contribution >= 0.6 is 0 Å². The quantitative estimate of drug-likeness (QED) is 0.595. The molecule has 0 spiro atoms. The van der Waals surface area contributed by atoms with Gasteiger partial charge in [-0.3, -0.25) is 9.59 Å². The van der Waals surface area contributed by atoms with Crippen LogP contribution in [0.2, 0.25) is 0 Å². The van der Waals surface area contributed by atoms with Crippen molar-refractivity contribution in [3.63, 3.8) is 0 Å². The summed E-state index contributed by atoms with van der Waals surface area (Å²) in [5.74, 6) is -0.357. The van der Waals surface area contributed by atoms with Gasteiger partial charge in [-0.05, 0) is 61.4 Å². The zero-order valence-corrected chi connectivity index (χ0v) is 15.3. The molecule has 1 amide bonds. The normalized spacial score (nSPS) is 13.4. The molecular formula is C21H15F3N2O3. The summed E-state index contributed by atoms with van der Waals surface area (Å²) in [7, 11) is 0. The molecule has 8 heteroatoms. The lowest BCUT2D eigenvalue weighted by Crippen LogP contribution is -2.29. The van der Waals surface area contributed by atoms with Gasteiger partial charge in [0.15, 0.2) is 11.5 Å². The smallest absolute Gasteiger partial charge is 0.416 e. The fraction of sp³-hybridized carbons (Fsp3) is 0.190. The number of Topliss-reactive ketones (excluding diaryl/α,β-unsaturated/α-hetero) is 1.